The van der Waals surface area contributed by atoms with Crippen LogP contribution in [0.1, 0.15) is 25.3 Å². The minimum absolute atomic E-state index is 0.0677. The maximum Gasteiger partial charge on any atom is 0.225 e. The first-order chi connectivity index (χ1) is 7.99. The summed E-state index contributed by atoms with van der Waals surface area (Å²) in [6.07, 6.45) is 2.41. The third-order valence-corrected chi connectivity index (χ3v) is 3.19. The summed E-state index contributed by atoms with van der Waals surface area (Å²) in [5, 5.41) is 12.0. The van der Waals surface area contributed by atoms with Crippen molar-refractivity contribution < 1.29 is 14.3 Å². The average Bonchev–Trinajstić information content (AvgIpc) is 2.96. The molecule has 0 aromatic heterocycles. The van der Waals surface area contributed by atoms with Gasteiger partial charge in [-0.1, -0.05) is 6.92 Å². The summed E-state index contributed by atoms with van der Waals surface area (Å²) >= 11 is 0. The second-order valence-electron chi connectivity index (χ2n) is 4.88. The quantitative estimate of drug-likeness (QED) is 0.841. The molecule has 3 nitrogen and oxygen atoms in total. The molecule has 17 heavy (non-hydrogen) atoms. The standard InChI is InChI=1S/C13H16FNO2/c1-13(3-4-13)12(17)15-5-2-9-6-10(14)8-11(16)7-9/h6-8,16H,2-5H2,1H3,(H,15,17). The van der Waals surface area contributed by atoms with Gasteiger partial charge in [0, 0.05) is 18.0 Å². The summed E-state index contributed by atoms with van der Waals surface area (Å²) in [4.78, 5) is 11.6. The van der Waals surface area contributed by atoms with E-state index in [1.807, 2.05) is 6.92 Å². The predicted molar refractivity (Wildman–Crippen MR) is 62.1 cm³/mol. The lowest BCUT2D eigenvalue weighted by Gasteiger charge is -2.09. The van der Waals surface area contributed by atoms with E-state index in [4.69, 9.17) is 0 Å². The Morgan fingerprint density at radius 3 is 2.76 bits per heavy atom. The van der Waals surface area contributed by atoms with Crippen LogP contribution in [0.25, 0.3) is 0 Å². The summed E-state index contributed by atoms with van der Waals surface area (Å²) in [6.45, 7) is 2.41. The zero-order valence-electron chi connectivity index (χ0n) is 9.79. The van der Waals surface area contributed by atoms with Crippen molar-refractivity contribution in [1.29, 1.82) is 0 Å². The molecule has 0 atom stereocenters. The lowest BCUT2D eigenvalue weighted by molar-refractivity contribution is -0.125. The van der Waals surface area contributed by atoms with E-state index in [9.17, 15) is 14.3 Å². The minimum atomic E-state index is -0.458. The molecule has 1 amide bonds. The number of hydrogen-bond acceptors (Lipinski definition) is 2. The fraction of sp³-hybridized carbons (Fsp3) is 0.462. The van der Waals surface area contributed by atoms with Gasteiger partial charge >= 0.3 is 0 Å². The van der Waals surface area contributed by atoms with Crippen molar-refractivity contribution in [2.24, 2.45) is 5.41 Å². The van der Waals surface area contributed by atoms with E-state index in [-0.39, 0.29) is 17.1 Å². The van der Waals surface area contributed by atoms with Gasteiger partial charge in [-0.2, -0.15) is 0 Å². The Morgan fingerprint density at radius 2 is 2.18 bits per heavy atom. The summed E-state index contributed by atoms with van der Waals surface area (Å²) in [6, 6.07) is 3.94. The van der Waals surface area contributed by atoms with Gasteiger partial charge < -0.3 is 10.4 Å². The molecule has 0 unspecified atom stereocenters. The van der Waals surface area contributed by atoms with Gasteiger partial charge in [0.15, 0.2) is 0 Å². The van der Waals surface area contributed by atoms with Crippen molar-refractivity contribution in [3.8, 4) is 5.75 Å². The van der Waals surface area contributed by atoms with Gasteiger partial charge in [0.05, 0.1) is 0 Å². The van der Waals surface area contributed by atoms with Gasteiger partial charge in [-0.05, 0) is 37.0 Å². The number of phenolic OH excluding ortho intramolecular Hbond substituents is 1. The van der Waals surface area contributed by atoms with E-state index < -0.39 is 5.82 Å². The normalized spacial score (nSPS) is 16.6. The van der Waals surface area contributed by atoms with E-state index in [0.29, 0.717) is 18.5 Å². The van der Waals surface area contributed by atoms with Crippen LogP contribution >= 0.6 is 0 Å². The smallest absolute Gasteiger partial charge is 0.225 e. The molecule has 0 bridgehead atoms. The summed E-state index contributed by atoms with van der Waals surface area (Å²) in [5.41, 5.74) is 0.508. The third kappa shape index (κ3) is 2.96. The van der Waals surface area contributed by atoms with Gasteiger partial charge in [-0.3, -0.25) is 4.79 Å². The number of hydrogen-bond donors (Lipinski definition) is 2. The highest BCUT2D eigenvalue weighted by Crippen LogP contribution is 2.44. The fourth-order valence-electron chi connectivity index (χ4n) is 1.73. The van der Waals surface area contributed by atoms with Crippen LogP contribution in [-0.2, 0) is 11.2 Å². The number of nitrogens with one attached hydrogen (secondary N) is 1. The van der Waals surface area contributed by atoms with Crippen LogP contribution in [0.15, 0.2) is 18.2 Å². The van der Waals surface area contributed by atoms with Crippen LogP contribution in [-0.4, -0.2) is 17.6 Å². The molecule has 1 aromatic rings. The minimum Gasteiger partial charge on any atom is -0.508 e. The Bertz CT molecular complexity index is 421. The molecule has 0 aliphatic heterocycles. The zero-order valence-corrected chi connectivity index (χ0v) is 9.79. The van der Waals surface area contributed by atoms with Crippen molar-refractivity contribution in [2.45, 2.75) is 26.2 Å². The van der Waals surface area contributed by atoms with Crippen molar-refractivity contribution >= 4 is 5.91 Å². The fourth-order valence-corrected chi connectivity index (χ4v) is 1.73. The molecule has 1 aliphatic carbocycles. The van der Waals surface area contributed by atoms with Crippen LogP contribution in [0, 0.1) is 11.2 Å². The first-order valence-corrected chi connectivity index (χ1v) is 5.76. The molecule has 1 aromatic carbocycles. The number of phenols is 1. The van der Waals surface area contributed by atoms with Gasteiger partial charge in [-0.25, -0.2) is 4.39 Å². The highest BCUT2D eigenvalue weighted by molar-refractivity contribution is 5.84. The second-order valence-corrected chi connectivity index (χ2v) is 4.88. The van der Waals surface area contributed by atoms with Gasteiger partial charge in [0.25, 0.3) is 0 Å². The lowest BCUT2D eigenvalue weighted by atomic mass is 10.1. The number of rotatable bonds is 4. The van der Waals surface area contributed by atoms with Crippen LogP contribution in [0.3, 0.4) is 0 Å². The van der Waals surface area contributed by atoms with Crippen LogP contribution in [0.4, 0.5) is 4.39 Å². The summed E-state index contributed by atoms with van der Waals surface area (Å²) < 4.78 is 13.0. The molecule has 92 valence electrons. The Kier molecular flexibility index (Phi) is 3.05. The molecule has 1 fully saturated rings. The molecule has 0 radical (unpaired) electrons. The van der Waals surface area contributed by atoms with E-state index in [1.165, 1.54) is 12.1 Å². The number of halogens is 1. The first-order valence-electron chi connectivity index (χ1n) is 5.76. The van der Waals surface area contributed by atoms with Crippen molar-refractivity contribution in [3.05, 3.63) is 29.6 Å². The number of benzene rings is 1. The van der Waals surface area contributed by atoms with E-state index in [0.717, 1.165) is 18.9 Å². The monoisotopic (exact) mass is 237 g/mol. The predicted octanol–water partition coefficient (Wildman–Crippen LogP) is 1.99. The maximum atomic E-state index is 13.0. The van der Waals surface area contributed by atoms with Crippen molar-refractivity contribution in [2.75, 3.05) is 6.54 Å². The highest BCUT2D eigenvalue weighted by atomic mass is 19.1. The molecule has 2 rings (SSSR count). The summed E-state index contributed by atoms with van der Waals surface area (Å²) in [7, 11) is 0. The molecule has 1 aliphatic rings. The second kappa shape index (κ2) is 4.35. The van der Waals surface area contributed by atoms with Crippen LogP contribution in [0.2, 0.25) is 0 Å². The zero-order chi connectivity index (χ0) is 12.5. The first kappa shape index (κ1) is 11.9. The van der Waals surface area contributed by atoms with Gasteiger partial charge in [0.1, 0.15) is 11.6 Å². The molecular weight excluding hydrogens is 221 g/mol. The molecule has 2 N–H and O–H groups in total. The Labute approximate surface area is 99.7 Å². The van der Waals surface area contributed by atoms with E-state index in [2.05, 4.69) is 5.32 Å². The van der Waals surface area contributed by atoms with Gasteiger partial charge in [-0.15, -0.1) is 0 Å². The SMILES string of the molecule is CC1(C(=O)NCCc2cc(O)cc(F)c2)CC1. The molecule has 0 spiro atoms. The number of carbonyl (C=O) groups excluding carboxylic acids is 1. The van der Waals surface area contributed by atoms with Crippen molar-refractivity contribution in [3.63, 3.8) is 0 Å². The Hall–Kier alpha value is -1.58. The Morgan fingerprint density at radius 1 is 1.47 bits per heavy atom. The van der Waals surface area contributed by atoms with Crippen LogP contribution < -0.4 is 5.32 Å². The lowest BCUT2D eigenvalue weighted by Crippen LogP contribution is -2.31. The number of carbonyl (C=O) groups is 1. The number of amides is 1. The number of aromatic hydroxyl groups is 1. The van der Waals surface area contributed by atoms with Crippen molar-refractivity contribution in [1.82, 2.24) is 5.32 Å². The maximum absolute atomic E-state index is 13.0. The van der Waals surface area contributed by atoms with E-state index in [1.54, 1.807) is 0 Å². The highest BCUT2D eigenvalue weighted by Gasteiger charge is 2.44. The third-order valence-electron chi connectivity index (χ3n) is 3.19. The molecular formula is C13H16FNO2. The van der Waals surface area contributed by atoms with E-state index >= 15 is 0 Å². The molecule has 4 heteroatoms. The molecule has 0 heterocycles. The van der Waals surface area contributed by atoms with Crippen LogP contribution in [0.5, 0.6) is 5.75 Å². The Balaban J connectivity index is 1.83. The topological polar surface area (TPSA) is 49.3 Å². The molecule has 1 saturated carbocycles. The van der Waals surface area contributed by atoms with Gasteiger partial charge in [0.2, 0.25) is 5.91 Å². The average molecular weight is 237 g/mol. The largest absolute Gasteiger partial charge is 0.508 e. The summed E-state index contributed by atoms with van der Waals surface area (Å²) in [5.74, 6) is -0.473. The molecule has 0 saturated heterocycles.